The molecule has 1 aromatic heterocycles. The number of aryl methyl sites for hydroxylation is 1. The first-order valence-electron chi connectivity index (χ1n) is 6.83. The third kappa shape index (κ3) is 4.53. The smallest absolute Gasteiger partial charge is 0.138 e. The maximum atomic E-state index is 5.73. The van der Waals surface area contributed by atoms with E-state index in [1.54, 1.807) is 0 Å². The first-order chi connectivity index (χ1) is 10.1. The molecule has 0 saturated heterocycles. The minimum absolute atomic E-state index is 0.645. The fourth-order valence-electron chi connectivity index (χ4n) is 2.07. The largest absolute Gasteiger partial charge is 0.492 e. The molecule has 2 aromatic rings. The van der Waals surface area contributed by atoms with Crippen molar-refractivity contribution in [2.75, 3.05) is 6.61 Å². The van der Waals surface area contributed by atoms with Gasteiger partial charge in [0.2, 0.25) is 0 Å². The molecule has 0 amide bonds. The molecule has 2 rings (SSSR count). The molecule has 21 heavy (non-hydrogen) atoms. The summed E-state index contributed by atoms with van der Waals surface area (Å²) < 4.78 is 7.72. The molecule has 5 heteroatoms. The highest BCUT2D eigenvalue weighted by molar-refractivity contribution is 9.11. The average Bonchev–Trinajstić information content (AvgIpc) is 2.44. The number of rotatable bonds is 6. The van der Waals surface area contributed by atoms with Crippen molar-refractivity contribution < 1.29 is 4.74 Å². The maximum Gasteiger partial charge on any atom is 0.138 e. The Morgan fingerprint density at radius 3 is 2.76 bits per heavy atom. The Balaban J connectivity index is 2.07. The number of ether oxygens (including phenoxy) is 1. The Kier molecular flexibility index (Phi) is 6.21. The normalized spacial score (nSPS) is 10.7. The molecular weight excluding hydrogens is 396 g/mol. The fraction of sp³-hybridized carbons (Fsp3) is 0.312. The van der Waals surface area contributed by atoms with E-state index in [2.05, 4.69) is 61.2 Å². The molecule has 0 radical (unpaired) electrons. The van der Waals surface area contributed by atoms with Crippen LogP contribution in [0.3, 0.4) is 0 Å². The Morgan fingerprint density at radius 1 is 1.24 bits per heavy atom. The number of hydrogen-bond donors (Lipinski definition) is 1. The monoisotopic (exact) mass is 412 g/mol. The molecule has 1 heterocycles. The summed E-state index contributed by atoms with van der Waals surface area (Å²) in [6.45, 7) is 6.17. The first-order valence-corrected chi connectivity index (χ1v) is 8.42. The van der Waals surface area contributed by atoms with Crippen LogP contribution in [0.4, 0.5) is 0 Å². The van der Waals surface area contributed by atoms with E-state index in [4.69, 9.17) is 4.74 Å². The van der Waals surface area contributed by atoms with Gasteiger partial charge >= 0.3 is 0 Å². The summed E-state index contributed by atoms with van der Waals surface area (Å²) in [6, 6.07) is 8.11. The number of nitrogens with zero attached hydrogens (tertiary/aromatic N) is 1. The quantitative estimate of drug-likeness (QED) is 0.751. The third-order valence-corrected chi connectivity index (χ3v) is 4.15. The average molecular weight is 414 g/mol. The number of benzene rings is 1. The van der Waals surface area contributed by atoms with Gasteiger partial charge in [-0.15, -0.1) is 0 Å². The summed E-state index contributed by atoms with van der Waals surface area (Å²) in [5.74, 6) is 0.894. The zero-order valence-electron chi connectivity index (χ0n) is 12.1. The van der Waals surface area contributed by atoms with Gasteiger partial charge in [-0.1, -0.05) is 22.0 Å². The van der Waals surface area contributed by atoms with E-state index < -0.39 is 0 Å². The summed E-state index contributed by atoms with van der Waals surface area (Å²) >= 11 is 7.07. The molecule has 1 N–H and O–H groups in total. The zero-order valence-corrected chi connectivity index (χ0v) is 15.3. The van der Waals surface area contributed by atoms with Crippen LogP contribution in [0.2, 0.25) is 0 Å². The highest BCUT2D eigenvalue weighted by atomic mass is 79.9. The van der Waals surface area contributed by atoms with Crippen molar-refractivity contribution in [2.45, 2.75) is 26.9 Å². The lowest BCUT2D eigenvalue weighted by Gasteiger charge is -2.14. The molecule has 0 spiro atoms. The molecule has 1 aromatic carbocycles. The van der Waals surface area contributed by atoms with Crippen molar-refractivity contribution in [3.05, 3.63) is 56.2 Å². The van der Waals surface area contributed by atoms with Gasteiger partial charge in [0.1, 0.15) is 5.75 Å². The molecule has 0 atom stereocenters. The van der Waals surface area contributed by atoms with Crippen LogP contribution in [0, 0.1) is 6.92 Å². The topological polar surface area (TPSA) is 34.1 Å². The number of hydrogen-bond acceptors (Lipinski definition) is 3. The lowest BCUT2D eigenvalue weighted by Crippen LogP contribution is -2.15. The molecule has 0 aliphatic rings. The minimum atomic E-state index is 0.645. The molecule has 0 aliphatic heterocycles. The van der Waals surface area contributed by atoms with Crippen LogP contribution in [-0.4, -0.2) is 11.6 Å². The lowest BCUT2D eigenvalue weighted by atomic mass is 10.2. The number of halogens is 2. The van der Waals surface area contributed by atoms with E-state index >= 15 is 0 Å². The summed E-state index contributed by atoms with van der Waals surface area (Å²) in [6.07, 6.45) is 1.82. The molecule has 0 bridgehead atoms. The van der Waals surface area contributed by atoms with Crippen molar-refractivity contribution in [3.8, 4) is 5.75 Å². The highest BCUT2D eigenvalue weighted by Gasteiger charge is 2.10. The van der Waals surface area contributed by atoms with Gasteiger partial charge in [0, 0.05) is 29.3 Å². The molecule has 3 nitrogen and oxygen atoms in total. The van der Waals surface area contributed by atoms with Gasteiger partial charge in [0.15, 0.2) is 0 Å². The van der Waals surface area contributed by atoms with Crippen LogP contribution in [0.15, 0.2) is 39.4 Å². The molecule has 0 saturated carbocycles. The van der Waals surface area contributed by atoms with Gasteiger partial charge in [-0.3, -0.25) is 4.98 Å². The van der Waals surface area contributed by atoms with Crippen molar-refractivity contribution in [2.24, 2.45) is 0 Å². The fourth-order valence-corrected chi connectivity index (χ4v) is 3.50. The second-order valence-electron chi connectivity index (χ2n) is 4.68. The molecule has 0 unspecified atom stereocenters. The SMILES string of the molecule is CCOc1c(Br)cc(Br)cc1CNCc1ncccc1C. The standard InChI is InChI=1S/C16H18Br2N2O/c1-3-21-16-12(7-13(17)8-14(16)18)9-19-10-15-11(2)5-4-6-20-15/h4-8,19H,3,9-10H2,1-2H3. The van der Waals surface area contributed by atoms with E-state index in [1.165, 1.54) is 5.56 Å². The summed E-state index contributed by atoms with van der Waals surface area (Å²) in [7, 11) is 0. The van der Waals surface area contributed by atoms with E-state index in [1.807, 2.05) is 25.3 Å². The highest BCUT2D eigenvalue weighted by Crippen LogP contribution is 2.33. The number of pyridine rings is 1. The zero-order chi connectivity index (χ0) is 15.2. The summed E-state index contributed by atoms with van der Waals surface area (Å²) in [5.41, 5.74) is 3.39. The number of aromatic nitrogens is 1. The van der Waals surface area contributed by atoms with E-state index in [0.717, 1.165) is 39.0 Å². The molecule has 0 aliphatic carbocycles. The predicted molar refractivity (Wildman–Crippen MR) is 92.5 cm³/mol. The van der Waals surface area contributed by atoms with Crippen molar-refractivity contribution in [3.63, 3.8) is 0 Å². The predicted octanol–water partition coefficient (Wildman–Crippen LogP) is 4.60. The van der Waals surface area contributed by atoms with Gasteiger partial charge in [0.05, 0.1) is 16.8 Å². The third-order valence-electron chi connectivity index (χ3n) is 3.10. The summed E-state index contributed by atoms with van der Waals surface area (Å²) in [5, 5.41) is 3.43. The van der Waals surface area contributed by atoms with Crippen molar-refractivity contribution in [1.29, 1.82) is 0 Å². The Hall–Kier alpha value is -0.910. The Labute approximate surface area is 142 Å². The molecular formula is C16H18Br2N2O. The van der Waals surface area contributed by atoms with Gasteiger partial charge in [-0.25, -0.2) is 0 Å². The van der Waals surface area contributed by atoms with Crippen LogP contribution in [0.5, 0.6) is 5.75 Å². The number of nitrogens with one attached hydrogen (secondary N) is 1. The maximum absolute atomic E-state index is 5.73. The van der Waals surface area contributed by atoms with Crippen LogP contribution in [-0.2, 0) is 13.1 Å². The Morgan fingerprint density at radius 2 is 2.05 bits per heavy atom. The van der Waals surface area contributed by atoms with Crippen LogP contribution in [0.25, 0.3) is 0 Å². The van der Waals surface area contributed by atoms with Gasteiger partial charge in [0.25, 0.3) is 0 Å². The van der Waals surface area contributed by atoms with E-state index in [0.29, 0.717) is 6.61 Å². The second-order valence-corrected chi connectivity index (χ2v) is 6.45. The van der Waals surface area contributed by atoms with Crippen LogP contribution in [0.1, 0.15) is 23.7 Å². The molecule has 0 fully saturated rings. The first kappa shape index (κ1) is 16.5. The van der Waals surface area contributed by atoms with Gasteiger partial charge < -0.3 is 10.1 Å². The van der Waals surface area contributed by atoms with Crippen molar-refractivity contribution in [1.82, 2.24) is 10.3 Å². The van der Waals surface area contributed by atoms with Crippen molar-refractivity contribution >= 4 is 31.9 Å². The Bertz CT molecular complexity index is 617. The summed E-state index contributed by atoms with van der Waals surface area (Å²) in [4.78, 5) is 4.39. The van der Waals surface area contributed by atoms with Gasteiger partial charge in [-0.05, 0) is 53.5 Å². The minimum Gasteiger partial charge on any atom is -0.492 e. The van der Waals surface area contributed by atoms with Crippen LogP contribution >= 0.6 is 31.9 Å². The van der Waals surface area contributed by atoms with Gasteiger partial charge in [-0.2, -0.15) is 0 Å². The molecule has 112 valence electrons. The van der Waals surface area contributed by atoms with Crippen LogP contribution < -0.4 is 10.1 Å². The lowest BCUT2D eigenvalue weighted by molar-refractivity contribution is 0.333. The van der Waals surface area contributed by atoms with E-state index in [-0.39, 0.29) is 0 Å². The van der Waals surface area contributed by atoms with E-state index in [9.17, 15) is 0 Å². The second kappa shape index (κ2) is 7.92.